The molecule has 1 aliphatic carbocycles. The minimum atomic E-state index is 0.0293. The number of hydrogen-bond acceptors (Lipinski definition) is 4. The van der Waals surface area contributed by atoms with Gasteiger partial charge < -0.3 is 10.2 Å². The normalized spacial score (nSPS) is 20.5. The Morgan fingerprint density at radius 3 is 2.71 bits per heavy atom. The number of hydrogen-bond donors (Lipinski definition) is 1. The Morgan fingerprint density at radius 1 is 1.33 bits per heavy atom. The number of nitrogens with one attached hydrogen (secondary N) is 1. The SMILES string of the molecule is CCNC(Cn1ncc(N2CCCCC2)cc1=O)C1CC1. The monoisotopic (exact) mass is 290 g/mol. The molecule has 2 aliphatic rings. The quantitative estimate of drug-likeness (QED) is 0.865. The third-order valence-electron chi connectivity index (χ3n) is 4.60. The van der Waals surface area contributed by atoms with E-state index in [0.717, 1.165) is 31.2 Å². The van der Waals surface area contributed by atoms with Gasteiger partial charge in [-0.05, 0) is 44.6 Å². The highest BCUT2D eigenvalue weighted by Gasteiger charge is 2.31. The van der Waals surface area contributed by atoms with E-state index in [-0.39, 0.29) is 5.56 Å². The Hall–Kier alpha value is -1.36. The lowest BCUT2D eigenvalue weighted by Crippen LogP contribution is -2.39. The maximum absolute atomic E-state index is 12.3. The molecule has 1 saturated heterocycles. The van der Waals surface area contributed by atoms with Gasteiger partial charge in [-0.15, -0.1) is 0 Å². The van der Waals surface area contributed by atoms with Crippen LogP contribution in [-0.2, 0) is 6.54 Å². The van der Waals surface area contributed by atoms with Crippen LogP contribution in [0.5, 0.6) is 0 Å². The molecule has 5 nitrogen and oxygen atoms in total. The van der Waals surface area contributed by atoms with Crippen LogP contribution in [0, 0.1) is 5.92 Å². The average molecular weight is 290 g/mol. The summed E-state index contributed by atoms with van der Waals surface area (Å²) < 4.78 is 1.62. The van der Waals surface area contributed by atoms with Crippen molar-refractivity contribution >= 4 is 5.69 Å². The molecule has 3 rings (SSSR count). The van der Waals surface area contributed by atoms with E-state index < -0.39 is 0 Å². The van der Waals surface area contributed by atoms with Crippen molar-refractivity contribution in [2.75, 3.05) is 24.5 Å². The van der Waals surface area contributed by atoms with Crippen LogP contribution in [0.3, 0.4) is 0 Å². The van der Waals surface area contributed by atoms with Crippen LogP contribution in [0.25, 0.3) is 0 Å². The van der Waals surface area contributed by atoms with Crippen LogP contribution in [0.2, 0.25) is 0 Å². The van der Waals surface area contributed by atoms with Crippen molar-refractivity contribution < 1.29 is 0 Å². The first-order valence-electron chi connectivity index (χ1n) is 8.33. The average Bonchev–Trinajstić information content (AvgIpc) is 3.34. The van der Waals surface area contributed by atoms with Gasteiger partial charge in [0.05, 0.1) is 18.4 Å². The van der Waals surface area contributed by atoms with Gasteiger partial charge in [-0.1, -0.05) is 6.92 Å². The summed E-state index contributed by atoms with van der Waals surface area (Å²) in [5.74, 6) is 0.723. The summed E-state index contributed by atoms with van der Waals surface area (Å²) in [6.45, 7) is 5.85. The predicted octanol–water partition coefficient (Wildman–Crippen LogP) is 1.62. The van der Waals surface area contributed by atoms with Crippen molar-refractivity contribution in [3.63, 3.8) is 0 Å². The Labute approximate surface area is 126 Å². The summed E-state index contributed by atoms with van der Waals surface area (Å²) in [5.41, 5.74) is 1.02. The molecule has 21 heavy (non-hydrogen) atoms. The zero-order chi connectivity index (χ0) is 14.7. The first kappa shape index (κ1) is 14.6. The second-order valence-electron chi connectivity index (χ2n) is 6.28. The summed E-state index contributed by atoms with van der Waals surface area (Å²) >= 11 is 0. The van der Waals surface area contributed by atoms with Crippen LogP contribution < -0.4 is 15.8 Å². The molecular weight excluding hydrogens is 264 g/mol. The standard InChI is InChI=1S/C16H26N4O/c1-2-17-15(13-6-7-13)12-20-16(21)10-14(11-18-20)19-8-4-3-5-9-19/h10-11,13,15,17H,2-9,12H2,1H3. The number of nitrogens with zero attached hydrogens (tertiary/aromatic N) is 3. The van der Waals surface area contributed by atoms with E-state index in [1.54, 1.807) is 10.7 Å². The maximum atomic E-state index is 12.3. The van der Waals surface area contributed by atoms with E-state index in [1.165, 1.54) is 32.1 Å². The molecule has 1 saturated carbocycles. The summed E-state index contributed by atoms with van der Waals surface area (Å²) in [7, 11) is 0. The lowest BCUT2D eigenvalue weighted by Gasteiger charge is -2.28. The summed E-state index contributed by atoms with van der Waals surface area (Å²) in [6.07, 6.45) is 8.15. The summed E-state index contributed by atoms with van der Waals surface area (Å²) in [6, 6.07) is 2.15. The number of likely N-dealkylation sites (N-methyl/N-ethyl adjacent to an activating group) is 1. The van der Waals surface area contributed by atoms with Crippen LogP contribution in [0.4, 0.5) is 5.69 Å². The Balaban J connectivity index is 1.70. The summed E-state index contributed by atoms with van der Waals surface area (Å²) in [5, 5.41) is 7.90. The third-order valence-corrected chi connectivity index (χ3v) is 4.60. The molecule has 0 aromatic carbocycles. The minimum absolute atomic E-state index is 0.0293. The van der Waals surface area contributed by atoms with Gasteiger partial charge in [0, 0.05) is 25.2 Å². The molecule has 0 radical (unpaired) electrons. The second-order valence-corrected chi connectivity index (χ2v) is 6.28. The van der Waals surface area contributed by atoms with Crippen molar-refractivity contribution in [1.29, 1.82) is 0 Å². The number of rotatable bonds is 6. The number of anilines is 1. The highest BCUT2D eigenvalue weighted by atomic mass is 16.1. The fourth-order valence-electron chi connectivity index (χ4n) is 3.21. The van der Waals surface area contributed by atoms with E-state index in [2.05, 4.69) is 22.2 Å². The van der Waals surface area contributed by atoms with Gasteiger partial charge in [-0.3, -0.25) is 4.79 Å². The topological polar surface area (TPSA) is 50.2 Å². The van der Waals surface area contributed by atoms with Crippen LogP contribution in [0.1, 0.15) is 39.0 Å². The van der Waals surface area contributed by atoms with E-state index >= 15 is 0 Å². The lowest BCUT2D eigenvalue weighted by molar-refractivity contribution is 0.387. The van der Waals surface area contributed by atoms with Crippen LogP contribution >= 0.6 is 0 Å². The molecule has 1 aromatic heterocycles. The lowest BCUT2D eigenvalue weighted by atomic mass is 10.1. The second kappa shape index (κ2) is 6.60. The van der Waals surface area contributed by atoms with Gasteiger partial charge in [0.15, 0.2) is 0 Å². The molecule has 1 N–H and O–H groups in total. The molecule has 1 aliphatic heterocycles. The van der Waals surface area contributed by atoms with E-state index in [0.29, 0.717) is 12.6 Å². The Morgan fingerprint density at radius 2 is 2.10 bits per heavy atom. The molecule has 5 heteroatoms. The van der Waals surface area contributed by atoms with Crippen molar-refractivity contribution in [3.05, 3.63) is 22.6 Å². The van der Waals surface area contributed by atoms with Crippen molar-refractivity contribution in [2.45, 2.75) is 51.6 Å². The Bertz CT molecular complexity index is 517. The third kappa shape index (κ3) is 3.64. The van der Waals surface area contributed by atoms with E-state index in [9.17, 15) is 4.79 Å². The molecule has 0 amide bonds. The smallest absolute Gasteiger partial charge is 0.268 e. The first-order chi connectivity index (χ1) is 10.3. The molecule has 2 fully saturated rings. The van der Waals surface area contributed by atoms with Gasteiger partial charge in [-0.25, -0.2) is 4.68 Å². The fraction of sp³-hybridized carbons (Fsp3) is 0.750. The highest BCUT2D eigenvalue weighted by Crippen LogP contribution is 2.33. The van der Waals surface area contributed by atoms with Gasteiger partial charge in [-0.2, -0.15) is 5.10 Å². The predicted molar refractivity (Wildman–Crippen MR) is 84.7 cm³/mol. The van der Waals surface area contributed by atoms with Crippen molar-refractivity contribution in [1.82, 2.24) is 15.1 Å². The summed E-state index contributed by atoms with van der Waals surface area (Å²) in [4.78, 5) is 14.6. The van der Waals surface area contributed by atoms with Crippen LogP contribution in [-0.4, -0.2) is 35.5 Å². The Kier molecular flexibility index (Phi) is 4.58. The molecule has 1 aromatic rings. The minimum Gasteiger partial charge on any atom is -0.370 e. The van der Waals surface area contributed by atoms with Gasteiger partial charge in [0.1, 0.15) is 0 Å². The number of aromatic nitrogens is 2. The van der Waals surface area contributed by atoms with Crippen molar-refractivity contribution in [3.8, 4) is 0 Å². The van der Waals surface area contributed by atoms with E-state index in [1.807, 2.05) is 6.20 Å². The van der Waals surface area contributed by atoms with Gasteiger partial charge in [0.2, 0.25) is 0 Å². The first-order valence-corrected chi connectivity index (χ1v) is 8.33. The molecule has 1 atom stereocenters. The van der Waals surface area contributed by atoms with Crippen LogP contribution in [0.15, 0.2) is 17.1 Å². The molecule has 2 heterocycles. The molecule has 1 unspecified atom stereocenters. The van der Waals surface area contributed by atoms with Gasteiger partial charge in [0.25, 0.3) is 5.56 Å². The van der Waals surface area contributed by atoms with E-state index in [4.69, 9.17) is 0 Å². The largest absolute Gasteiger partial charge is 0.370 e. The number of piperidine rings is 1. The molecule has 116 valence electrons. The highest BCUT2D eigenvalue weighted by molar-refractivity contribution is 5.43. The zero-order valence-electron chi connectivity index (χ0n) is 12.9. The van der Waals surface area contributed by atoms with Gasteiger partial charge >= 0.3 is 0 Å². The maximum Gasteiger partial charge on any atom is 0.268 e. The molecular formula is C16H26N4O. The molecule has 0 bridgehead atoms. The molecule has 0 spiro atoms. The van der Waals surface area contributed by atoms with Crippen molar-refractivity contribution in [2.24, 2.45) is 5.92 Å². The fourth-order valence-corrected chi connectivity index (χ4v) is 3.21. The zero-order valence-corrected chi connectivity index (χ0v) is 12.9.